The molecular formula is C21H22N2O4S. The molecule has 0 unspecified atom stereocenters. The third kappa shape index (κ3) is 4.57. The number of ether oxygens (including phenoxy) is 1. The molecule has 0 bridgehead atoms. The molecule has 2 heterocycles. The summed E-state index contributed by atoms with van der Waals surface area (Å²) in [6.45, 7) is 2.66. The summed E-state index contributed by atoms with van der Waals surface area (Å²) in [7, 11) is 0. The number of nitrogens with zero attached hydrogens (tertiary/aromatic N) is 2. The molecule has 2 saturated heterocycles. The van der Waals surface area contributed by atoms with E-state index in [0.29, 0.717) is 17.2 Å². The van der Waals surface area contributed by atoms with E-state index in [0.717, 1.165) is 41.5 Å². The molecule has 2 aliphatic heterocycles. The van der Waals surface area contributed by atoms with Crippen LogP contribution in [0.4, 0.5) is 4.79 Å². The lowest BCUT2D eigenvalue weighted by atomic mass is 10.0. The number of hydrogen-bond acceptors (Lipinski definition) is 5. The molecule has 0 saturated carbocycles. The van der Waals surface area contributed by atoms with Crippen molar-refractivity contribution in [2.45, 2.75) is 32.2 Å². The first kappa shape index (κ1) is 20.0. The fraction of sp³-hybridized carbons (Fsp3) is 0.381. The van der Waals surface area contributed by atoms with Gasteiger partial charge in [0.15, 0.2) is 0 Å². The summed E-state index contributed by atoms with van der Waals surface area (Å²) in [6.07, 6.45) is 9.81. The van der Waals surface area contributed by atoms with Crippen LogP contribution in [0.3, 0.4) is 0 Å². The molecule has 1 aromatic rings. The Kier molecular flexibility index (Phi) is 6.42. The summed E-state index contributed by atoms with van der Waals surface area (Å²) in [4.78, 5) is 40.6. The van der Waals surface area contributed by atoms with E-state index in [4.69, 9.17) is 11.2 Å². The van der Waals surface area contributed by atoms with Crippen LogP contribution in [0, 0.1) is 12.3 Å². The number of thioether (sulfide) groups is 1. The number of carbonyl (C=O) groups excluding carboxylic acids is 3. The van der Waals surface area contributed by atoms with Crippen LogP contribution in [0.1, 0.15) is 31.7 Å². The van der Waals surface area contributed by atoms with E-state index in [9.17, 15) is 14.4 Å². The highest BCUT2D eigenvalue weighted by Gasteiger charge is 2.37. The normalized spacial score (nSPS) is 21.1. The largest absolute Gasteiger partial charge is 0.481 e. The summed E-state index contributed by atoms with van der Waals surface area (Å²) in [5.74, 6) is 2.41. The SMILES string of the molecule is C#CCOc1ccc(/C=C2\SC(=O)N(CC(=O)N3CCCC[C@@H]3C)C2=O)cc1. The van der Waals surface area contributed by atoms with Crippen molar-refractivity contribution in [3.8, 4) is 18.1 Å². The molecule has 0 aromatic heterocycles. The van der Waals surface area contributed by atoms with E-state index < -0.39 is 11.1 Å². The van der Waals surface area contributed by atoms with Gasteiger partial charge in [-0.05, 0) is 61.7 Å². The molecule has 3 amide bonds. The van der Waals surface area contributed by atoms with Gasteiger partial charge >= 0.3 is 0 Å². The number of benzene rings is 1. The second-order valence-electron chi connectivity index (χ2n) is 6.76. The molecule has 146 valence electrons. The number of hydrogen-bond donors (Lipinski definition) is 0. The predicted molar refractivity (Wildman–Crippen MR) is 108 cm³/mol. The fourth-order valence-electron chi connectivity index (χ4n) is 3.27. The van der Waals surface area contributed by atoms with Crippen molar-refractivity contribution < 1.29 is 19.1 Å². The molecule has 1 atom stereocenters. The van der Waals surface area contributed by atoms with Gasteiger partial charge in [-0.3, -0.25) is 19.3 Å². The number of carbonyl (C=O) groups is 3. The van der Waals surface area contributed by atoms with E-state index >= 15 is 0 Å². The summed E-state index contributed by atoms with van der Waals surface area (Å²) in [6, 6.07) is 7.19. The van der Waals surface area contributed by atoms with Crippen molar-refractivity contribution >= 4 is 34.9 Å². The molecule has 6 nitrogen and oxygen atoms in total. The molecule has 7 heteroatoms. The van der Waals surface area contributed by atoms with Gasteiger partial charge in [-0.25, -0.2) is 0 Å². The topological polar surface area (TPSA) is 66.9 Å². The zero-order valence-electron chi connectivity index (χ0n) is 15.7. The van der Waals surface area contributed by atoms with Crippen LogP contribution in [-0.2, 0) is 9.59 Å². The Hall–Kier alpha value is -2.72. The average Bonchev–Trinajstić information content (AvgIpc) is 2.95. The van der Waals surface area contributed by atoms with Gasteiger partial charge in [0.05, 0.1) is 4.91 Å². The molecular weight excluding hydrogens is 376 g/mol. The smallest absolute Gasteiger partial charge is 0.294 e. The monoisotopic (exact) mass is 398 g/mol. The average molecular weight is 398 g/mol. The Labute approximate surface area is 168 Å². The second-order valence-corrected chi connectivity index (χ2v) is 7.75. The highest BCUT2D eigenvalue weighted by Crippen LogP contribution is 2.32. The van der Waals surface area contributed by atoms with Gasteiger partial charge in [0.25, 0.3) is 11.1 Å². The van der Waals surface area contributed by atoms with Crippen molar-refractivity contribution in [1.29, 1.82) is 0 Å². The van der Waals surface area contributed by atoms with Crippen molar-refractivity contribution in [2.24, 2.45) is 0 Å². The van der Waals surface area contributed by atoms with Crippen molar-refractivity contribution in [3.63, 3.8) is 0 Å². The number of likely N-dealkylation sites (tertiary alicyclic amines) is 1. The van der Waals surface area contributed by atoms with Crippen LogP contribution in [0.15, 0.2) is 29.2 Å². The Morgan fingerprint density at radius 2 is 2.07 bits per heavy atom. The van der Waals surface area contributed by atoms with Crippen LogP contribution < -0.4 is 4.74 Å². The van der Waals surface area contributed by atoms with Gasteiger partial charge in [-0.2, -0.15) is 0 Å². The Bertz CT molecular complexity index is 841. The van der Waals surface area contributed by atoms with Gasteiger partial charge in [0, 0.05) is 12.6 Å². The molecule has 28 heavy (non-hydrogen) atoms. The lowest BCUT2D eigenvalue weighted by molar-refractivity contribution is -0.138. The fourth-order valence-corrected chi connectivity index (χ4v) is 4.11. The van der Waals surface area contributed by atoms with Crippen LogP contribution in [0.5, 0.6) is 5.75 Å². The zero-order chi connectivity index (χ0) is 20.1. The number of terminal acetylenes is 1. The molecule has 1 aromatic carbocycles. The summed E-state index contributed by atoms with van der Waals surface area (Å²) in [5, 5.41) is -0.414. The Balaban J connectivity index is 1.66. The maximum Gasteiger partial charge on any atom is 0.294 e. The molecule has 0 radical (unpaired) electrons. The van der Waals surface area contributed by atoms with Gasteiger partial charge in [0.2, 0.25) is 5.91 Å². The first-order chi connectivity index (χ1) is 13.5. The number of piperidine rings is 1. The second kappa shape index (κ2) is 8.98. The van der Waals surface area contributed by atoms with Gasteiger partial charge in [0.1, 0.15) is 18.9 Å². The molecule has 0 aliphatic carbocycles. The third-order valence-corrected chi connectivity index (χ3v) is 5.70. The Morgan fingerprint density at radius 3 is 2.75 bits per heavy atom. The minimum absolute atomic E-state index is 0.145. The first-order valence-corrected chi connectivity index (χ1v) is 10.0. The molecule has 2 fully saturated rings. The molecule has 0 spiro atoms. The molecule has 3 rings (SSSR count). The van der Waals surface area contributed by atoms with Gasteiger partial charge < -0.3 is 9.64 Å². The molecule has 0 N–H and O–H groups in total. The maximum atomic E-state index is 12.6. The standard InChI is InChI=1S/C21H22N2O4S/c1-3-12-27-17-9-7-16(8-10-17)13-18-20(25)23(21(26)28-18)14-19(24)22-11-5-4-6-15(22)2/h1,7-10,13,15H,4-6,11-12,14H2,2H3/b18-13-/t15-/m0/s1. The lowest BCUT2D eigenvalue weighted by Gasteiger charge is -2.34. The van der Waals surface area contributed by atoms with Crippen molar-refractivity contribution in [1.82, 2.24) is 9.80 Å². The zero-order valence-corrected chi connectivity index (χ0v) is 16.5. The maximum absolute atomic E-state index is 12.6. The summed E-state index contributed by atoms with van der Waals surface area (Å²) in [5.41, 5.74) is 0.759. The van der Waals surface area contributed by atoms with Crippen LogP contribution in [-0.4, -0.2) is 52.6 Å². The first-order valence-electron chi connectivity index (χ1n) is 9.20. The van der Waals surface area contributed by atoms with Crippen molar-refractivity contribution in [2.75, 3.05) is 19.7 Å². The quantitative estimate of drug-likeness (QED) is 0.563. The number of amides is 3. The van der Waals surface area contributed by atoms with Gasteiger partial charge in [-0.1, -0.05) is 18.1 Å². The van der Waals surface area contributed by atoms with E-state index in [2.05, 4.69) is 5.92 Å². The van der Waals surface area contributed by atoms with E-state index in [1.54, 1.807) is 35.2 Å². The van der Waals surface area contributed by atoms with Crippen molar-refractivity contribution in [3.05, 3.63) is 34.7 Å². The van der Waals surface area contributed by atoms with Gasteiger partial charge in [-0.15, -0.1) is 6.42 Å². The predicted octanol–water partition coefficient (Wildman–Crippen LogP) is 3.14. The molecule has 2 aliphatic rings. The lowest BCUT2D eigenvalue weighted by Crippen LogP contribution is -2.47. The van der Waals surface area contributed by atoms with Crippen LogP contribution in [0.25, 0.3) is 6.08 Å². The Morgan fingerprint density at radius 1 is 1.32 bits per heavy atom. The van der Waals surface area contributed by atoms with E-state index in [-0.39, 0.29) is 25.1 Å². The third-order valence-electron chi connectivity index (χ3n) is 4.79. The van der Waals surface area contributed by atoms with E-state index in [1.165, 1.54) is 0 Å². The highest BCUT2D eigenvalue weighted by atomic mass is 32.2. The minimum atomic E-state index is -0.430. The van der Waals surface area contributed by atoms with Crippen LogP contribution in [0.2, 0.25) is 0 Å². The van der Waals surface area contributed by atoms with Crippen LogP contribution >= 0.6 is 11.8 Å². The highest BCUT2D eigenvalue weighted by molar-refractivity contribution is 8.18. The minimum Gasteiger partial charge on any atom is -0.481 e. The summed E-state index contributed by atoms with van der Waals surface area (Å²) >= 11 is 0.854. The summed E-state index contributed by atoms with van der Waals surface area (Å²) < 4.78 is 5.31. The van der Waals surface area contributed by atoms with E-state index in [1.807, 2.05) is 6.92 Å². The number of imide groups is 1. The number of rotatable bonds is 5.